The van der Waals surface area contributed by atoms with Crippen molar-refractivity contribution in [2.24, 2.45) is 5.11 Å². The number of aromatic hydroxyl groups is 1. The van der Waals surface area contributed by atoms with Gasteiger partial charge in [0.25, 0.3) is 0 Å². The van der Waals surface area contributed by atoms with Crippen molar-refractivity contribution in [3.63, 3.8) is 0 Å². The minimum absolute atomic E-state index is 0.178. The zero-order valence-corrected chi connectivity index (χ0v) is 9.59. The highest BCUT2D eigenvalue weighted by atomic mass is 16.3. The first-order valence-corrected chi connectivity index (χ1v) is 5.30. The van der Waals surface area contributed by atoms with Gasteiger partial charge in [-0.15, -0.1) is 0 Å². The van der Waals surface area contributed by atoms with E-state index in [0.29, 0.717) is 5.56 Å². The van der Waals surface area contributed by atoms with Gasteiger partial charge < -0.3 is 10.0 Å². The predicted molar refractivity (Wildman–Crippen MR) is 64.5 cm³/mol. The summed E-state index contributed by atoms with van der Waals surface area (Å²) >= 11 is 0. The molecule has 0 bridgehead atoms. The van der Waals surface area contributed by atoms with Gasteiger partial charge in [-0.25, -0.2) is 0 Å². The van der Waals surface area contributed by atoms with Crippen molar-refractivity contribution >= 4 is 5.69 Å². The number of hydrogen-bond acceptors (Lipinski definition) is 3. The topological polar surface area (TPSA) is 72.2 Å². The molecule has 86 valence electrons. The quantitative estimate of drug-likeness (QED) is 0.470. The van der Waals surface area contributed by atoms with Crippen LogP contribution in [0.2, 0.25) is 0 Å². The van der Waals surface area contributed by atoms with Gasteiger partial charge in [0.1, 0.15) is 5.75 Å². The molecule has 0 unspecified atom stereocenters. The lowest BCUT2D eigenvalue weighted by Gasteiger charge is -2.21. The number of azide groups is 1. The van der Waals surface area contributed by atoms with Crippen molar-refractivity contribution in [3.8, 4) is 5.75 Å². The molecule has 0 saturated carbocycles. The molecular formula is C11H16N4O. The molecule has 16 heavy (non-hydrogen) atoms. The highest BCUT2D eigenvalue weighted by Crippen LogP contribution is 2.25. The Bertz CT molecular complexity index is 395. The van der Waals surface area contributed by atoms with E-state index < -0.39 is 0 Å². The average molecular weight is 220 g/mol. The maximum absolute atomic E-state index is 9.75. The normalized spacial score (nSPS) is 9.62. The Labute approximate surface area is 94.9 Å². The molecule has 1 aromatic rings. The zero-order valence-electron chi connectivity index (χ0n) is 9.59. The lowest BCUT2D eigenvalue weighted by molar-refractivity contribution is 0.468. The third kappa shape index (κ3) is 2.81. The molecular weight excluding hydrogens is 204 g/mol. The van der Waals surface area contributed by atoms with Crippen LogP contribution in [0.5, 0.6) is 5.75 Å². The van der Waals surface area contributed by atoms with Gasteiger partial charge in [-0.2, -0.15) is 0 Å². The number of phenols is 1. The number of rotatable bonds is 5. The molecule has 1 aromatic carbocycles. The van der Waals surface area contributed by atoms with Crippen LogP contribution in [0.25, 0.3) is 10.4 Å². The third-order valence-electron chi connectivity index (χ3n) is 2.50. The van der Waals surface area contributed by atoms with E-state index in [1.54, 1.807) is 12.1 Å². The molecule has 1 rings (SSSR count). The number of phenolic OH excluding ortho intramolecular Hbond substituents is 1. The van der Waals surface area contributed by atoms with Crippen LogP contribution in [0.15, 0.2) is 23.3 Å². The lowest BCUT2D eigenvalue weighted by atomic mass is 10.1. The lowest BCUT2D eigenvalue weighted by Crippen LogP contribution is -2.21. The van der Waals surface area contributed by atoms with Crippen LogP contribution in [0.3, 0.4) is 0 Å². The highest BCUT2D eigenvalue weighted by Gasteiger charge is 2.05. The second kappa shape index (κ2) is 5.88. The standard InChI is InChI=1S/C11H16N4O/c1-3-15(4-2)10-6-5-9(8-13-14-12)11(16)7-10/h5-7,16H,3-4,8H2,1-2H3. The summed E-state index contributed by atoms with van der Waals surface area (Å²) in [6.45, 7) is 6.10. The van der Waals surface area contributed by atoms with E-state index in [0.717, 1.165) is 18.8 Å². The Morgan fingerprint density at radius 3 is 2.56 bits per heavy atom. The van der Waals surface area contributed by atoms with E-state index in [9.17, 15) is 5.11 Å². The van der Waals surface area contributed by atoms with Crippen molar-refractivity contribution in [3.05, 3.63) is 34.2 Å². The van der Waals surface area contributed by atoms with Crippen molar-refractivity contribution < 1.29 is 5.11 Å². The van der Waals surface area contributed by atoms with Crippen molar-refractivity contribution in [2.75, 3.05) is 18.0 Å². The average Bonchev–Trinajstić information content (AvgIpc) is 2.29. The summed E-state index contributed by atoms with van der Waals surface area (Å²) in [6.07, 6.45) is 0. The van der Waals surface area contributed by atoms with Crippen molar-refractivity contribution in [1.82, 2.24) is 0 Å². The minimum atomic E-state index is 0.178. The number of nitrogens with zero attached hydrogens (tertiary/aromatic N) is 4. The first kappa shape index (κ1) is 12.2. The molecule has 0 heterocycles. The summed E-state index contributed by atoms with van der Waals surface area (Å²) in [7, 11) is 0. The Kier molecular flexibility index (Phi) is 4.48. The Morgan fingerprint density at radius 1 is 1.38 bits per heavy atom. The van der Waals surface area contributed by atoms with Crippen LogP contribution in [0, 0.1) is 0 Å². The molecule has 0 aliphatic rings. The summed E-state index contributed by atoms with van der Waals surface area (Å²) in [6, 6.07) is 5.42. The largest absolute Gasteiger partial charge is 0.508 e. The molecule has 0 amide bonds. The second-order valence-electron chi connectivity index (χ2n) is 3.37. The molecule has 0 saturated heterocycles. The van der Waals surface area contributed by atoms with Crippen molar-refractivity contribution in [2.45, 2.75) is 20.4 Å². The van der Waals surface area contributed by atoms with E-state index in [-0.39, 0.29) is 12.3 Å². The predicted octanol–water partition coefficient (Wildman–Crippen LogP) is 3.05. The smallest absolute Gasteiger partial charge is 0.120 e. The maximum Gasteiger partial charge on any atom is 0.120 e. The molecule has 0 radical (unpaired) electrons. The zero-order chi connectivity index (χ0) is 12.0. The van der Waals surface area contributed by atoms with Gasteiger partial charge in [0.2, 0.25) is 0 Å². The number of benzene rings is 1. The molecule has 0 aliphatic heterocycles. The van der Waals surface area contributed by atoms with Crippen molar-refractivity contribution in [1.29, 1.82) is 0 Å². The van der Waals surface area contributed by atoms with Gasteiger partial charge in [0.05, 0.1) is 6.54 Å². The van der Waals surface area contributed by atoms with Gasteiger partial charge in [-0.1, -0.05) is 11.2 Å². The van der Waals surface area contributed by atoms with Gasteiger partial charge in [0, 0.05) is 29.8 Å². The van der Waals surface area contributed by atoms with E-state index in [1.807, 2.05) is 6.07 Å². The highest BCUT2D eigenvalue weighted by molar-refractivity contribution is 5.53. The first-order valence-electron chi connectivity index (χ1n) is 5.30. The SMILES string of the molecule is CCN(CC)c1ccc(CN=[N+]=[N-])c(O)c1. The molecule has 5 nitrogen and oxygen atoms in total. The number of hydrogen-bond donors (Lipinski definition) is 1. The van der Waals surface area contributed by atoms with E-state index in [2.05, 4.69) is 28.8 Å². The molecule has 0 aliphatic carbocycles. The molecule has 1 N–H and O–H groups in total. The van der Waals surface area contributed by atoms with E-state index in [1.165, 1.54) is 0 Å². The fraction of sp³-hybridized carbons (Fsp3) is 0.455. The van der Waals surface area contributed by atoms with Gasteiger partial charge in [-0.05, 0) is 31.0 Å². The molecule has 5 heteroatoms. The molecule has 0 spiro atoms. The summed E-state index contributed by atoms with van der Waals surface area (Å²) in [5.41, 5.74) is 9.83. The summed E-state index contributed by atoms with van der Waals surface area (Å²) < 4.78 is 0. The first-order chi connectivity index (χ1) is 7.72. The van der Waals surface area contributed by atoms with Crippen LogP contribution in [-0.2, 0) is 6.54 Å². The fourth-order valence-corrected chi connectivity index (χ4v) is 1.58. The maximum atomic E-state index is 9.75. The monoisotopic (exact) mass is 220 g/mol. The molecule has 0 fully saturated rings. The fourth-order valence-electron chi connectivity index (χ4n) is 1.58. The summed E-state index contributed by atoms with van der Waals surface area (Å²) in [5, 5.41) is 13.2. The Hall–Kier alpha value is -1.87. The number of anilines is 1. The van der Waals surface area contributed by atoms with Gasteiger partial charge in [-0.3, -0.25) is 0 Å². The van der Waals surface area contributed by atoms with Gasteiger partial charge in [0.15, 0.2) is 0 Å². The van der Waals surface area contributed by atoms with Crippen LogP contribution >= 0.6 is 0 Å². The van der Waals surface area contributed by atoms with Crippen LogP contribution in [0.4, 0.5) is 5.69 Å². The minimum Gasteiger partial charge on any atom is -0.508 e. The Morgan fingerprint density at radius 2 is 2.06 bits per heavy atom. The molecule has 0 atom stereocenters. The Balaban J connectivity index is 2.93. The summed E-state index contributed by atoms with van der Waals surface area (Å²) in [5.74, 6) is 0.178. The van der Waals surface area contributed by atoms with E-state index >= 15 is 0 Å². The summed E-state index contributed by atoms with van der Waals surface area (Å²) in [4.78, 5) is 4.80. The van der Waals surface area contributed by atoms with Crippen LogP contribution in [0.1, 0.15) is 19.4 Å². The van der Waals surface area contributed by atoms with E-state index in [4.69, 9.17) is 5.53 Å². The van der Waals surface area contributed by atoms with Gasteiger partial charge >= 0.3 is 0 Å². The second-order valence-corrected chi connectivity index (χ2v) is 3.37. The van der Waals surface area contributed by atoms with Crippen LogP contribution in [-0.4, -0.2) is 18.2 Å². The third-order valence-corrected chi connectivity index (χ3v) is 2.50. The van der Waals surface area contributed by atoms with Crippen LogP contribution < -0.4 is 4.90 Å². The molecule has 0 aromatic heterocycles.